The predicted octanol–water partition coefficient (Wildman–Crippen LogP) is -3.00. The van der Waals surface area contributed by atoms with Crippen LogP contribution in [0, 0.1) is 11.8 Å². The molecule has 29 nitrogen and oxygen atoms in total. The van der Waals surface area contributed by atoms with Gasteiger partial charge in [-0.05, 0) is 160 Å². The summed E-state index contributed by atoms with van der Waals surface area (Å²) in [6, 6.07) is -12.7. The summed E-state index contributed by atoms with van der Waals surface area (Å²) in [7, 11) is 0. The summed E-state index contributed by atoms with van der Waals surface area (Å²) in [6.07, 6.45) is 4.17. The molecule has 3 rings (SSSR count). The van der Waals surface area contributed by atoms with Crippen molar-refractivity contribution in [1.82, 2.24) is 52.3 Å². The lowest BCUT2D eigenvalue weighted by molar-refractivity contribution is -0.149. The highest BCUT2D eigenvalue weighted by atomic mass is 16.4. The van der Waals surface area contributed by atoms with Crippen LogP contribution in [0.15, 0.2) is 4.99 Å². The fraction of sp³-hybridized carbons (Fsp3) is 0.786. The number of nitrogens with two attached hydrogens (primary N) is 6. The number of guanidine groups is 1. The van der Waals surface area contributed by atoms with Gasteiger partial charge >= 0.3 is 5.97 Å². The molecule has 0 bridgehead atoms. The number of nitrogens with one attached hydrogen (secondary N) is 8. The highest BCUT2D eigenvalue weighted by Gasteiger charge is 2.46. The van der Waals surface area contributed by atoms with Crippen LogP contribution in [0.1, 0.15) is 163 Å². The number of rotatable bonds is 26. The van der Waals surface area contributed by atoms with Gasteiger partial charge in [-0.1, -0.05) is 34.1 Å². The van der Waals surface area contributed by atoms with E-state index >= 15 is 0 Å². The summed E-state index contributed by atoms with van der Waals surface area (Å²) in [5.41, 5.74) is 34.5. The molecule has 0 aromatic rings. The number of unbranched alkanes of at least 4 members (excludes halogenated alkanes) is 4. The lowest BCUT2D eigenvalue weighted by atomic mass is 9.96. The number of carboxylic acid groups (broad SMARTS) is 1. The van der Waals surface area contributed by atoms with Crippen molar-refractivity contribution in [1.29, 1.82) is 0 Å². The van der Waals surface area contributed by atoms with E-state index in [1.54, 1.807) is 20.8 Å². The molecule has 11 atom stereocenters. The van der Waals surface area contributed by atoms with Gasteiger partial charge in [-0.2, -0.15) is 0 Å². The zero-order valence-electron chi connectivity index (χ0n) is 50.5. The normalized spacial score (nSPS) is 26.2. The topological polar surface area (TPSA) is 479 Å². The molecule has 3 aliphatic rings. The number of hydrogen-bond acceptors (Lipinski definition) is 16. The molecule has 29 heteroatoms. The molecular formula is C56H101N17O12. The summed E-state index contributed by atoms with van der Waals surface area (Å²) in [5, 5.41) is 31.8. The minimum Gasteiger partial charge on any atom is -0.481 e. The summed E-state index contributed by atoms with van der Waals surface area (Å²) in [4.78, 5) is 164. The van der Waals surface area contributed by atoms with Crippen molar-refractivity contribution < 1.29 is 57.8 Å². The van der Waals surface area contributed by atoms with Gasteiger partial charge in [0.05, 0.1) is 0 Å². The first-order valence-electron chi connectivity index (χ1n) is 30.6. The number of amides is 10. The number of carbonyl (C=O) groups is 11. The molecule has 3 aliphatic heterocycles. The van der Waals surface area contributed by atoms with Crippen LogP contribution in [-0.2, 0) is 52.7 Å². The molecule has 3 fully saturated rings. The Morgan fingerprint density at radius 1 is 0.482 bits per heavy atom. The molecule has 3 saturated heterocycles. The van der Waals surface area contributed by atoms with Gasteiger partial charge in [-0.25, -0.2) is 0 Å². The van der Waals surface area contributed by atoms with Gasteiger partial charge in [0.1, 0.15) is 60.4 Å². The minimum absolute atomic E-state index is 0.00175. The van der Waals surface area contributed by atoms with E-state index in [-0.39, 0.29) is 103 Å². The second kappa shape index (κ2) is 38.4. The molecule has 85 heavy (non-hydrogen) atoms. The Balaban J connectivity index is 2.26. The molecule has 0 unspecified atom stereocenters. The van der Waals surface area contributed by atoms with Crippen LogP contribution in [0.3, 0.4) is 0 Å². The van der Waals surface area contributed by atoms with E-state index in [4.69, 9.17) is 34.4 Å². The Morgan fingerprint density at radius 3 is 1.22 bits per heavy atom. The molecule has 482 valence electrons. The SMILES string of the molecule is CC[C@H](C)[C@@H]1NC(=O)[C@H](CCCCN)NC(=O)[C@H](CCCCN)NC(=O)[C@H](CCCCN)NC(=O)[C@H](CCCN=C(N)N)NC(=O)[C@H](C(C)C)NC(=O)[C@H](CCCCN)NC(=O)[C@H](CCC(=O)O)NC(=O)[C@@H]2CCCN2C(=O)[C@H]2CCCN2C1=O. The van der Waals surface area contributed by atoms with Crippen LogP contribution in [0.25, 0.3) is 0 Å². The Kier molecular flexibility index (Phi) is 32.7. The van der Waals surface area contributed by atoms with Crippen LogP contribution in [-0.4, -0.2) is 192 Å². The first kappa shape index (κ1) is 72.5. The van der Waals surface area contributed by atoms with Crippen molar-refractivity contribution in [3.63, 3.8) is 0 Å². The maximum Gasteiger partial charge on any atom is 0.303 e. The lowest BCUT2D eigenvalue weighted by Crippen LogP contribution is -2.62. The van der Waals surface area contributed by atoms with Crippen molar-refractivity contribution in [3.8, 4) is 0 Å². The number of aliphatic imine (C=N–C) groups is 1. The lowest BCUT2D eigenvalue weighted by Gasteiger charge is -2.35. The molecule has 0 radical (unpaired) electrons. The molecular weight excluding hydrogens is 1100 g/mol. The summed E-state index contributed by atoms with van der Waals surface area (Å²) >= 11 is 0. The molecule has 0 saturated carbocycles. The zero-order chi connectivity index (χ0) is 63.2. The third-order valence-corrected chi connectivity index (χ3v) is 15.9. The number of aliphatic carboxylic acids is 1. The molecule has 0 aromatic heterocycles. The summed E-state index contributed by atoms with van der Waals surface area (Å²) in [5.74, 6) is -10.0. The van der Waals surface area contributed by atoms with Gasteiger partial charge in [0, 0.05) is 26.1 Å². The van der Waals surface area contributed by atoms with E-state index in [1.807, 2.05) is 6.92 Å². The number of nitrogens with zero attached hydrogens (tertiary/aromatic N) is 3. The van der Waals surface area contributed by atoms with E-state index in [2.05, 4.69) is 47.5 Å². The third-order valence-electron chi connectivity index (χ3n) is 15.9. The Morgan fingerprint density at radius 2 is 0.835 bits per heavy atom. The average molecular weight is 1200 g/mol. The average Bonchev–Trinajstić information content (AvgIpc) is 3.71. The summed E-state index contributed by atoms with van der Waals surface area (Å²) < 4.78 is 0. The fourth-order valence-corrected chi connectivity index (χ4v) is 10.7. The van der Waals surface area contributed by atoms with Gasteiger partial charge in [-0.3, -0.25) is 57.7 Å². The van der Waals surface area contributed by atoms with Crippen LogP contribution in [0.4, 0.5) is 0 Å². The second-order valence-electron chi connectivity index (χ2n) is 22.9. The first-order valence-corrected chi connectivity index (χ1v) is 30.6. The fourth-order valence-electron chi connectivity index (χ4n) is 10.7. The number of carbonyl (C=O) groups excluding carboxylic acids is 10. The third kappa shape index (κ3) is 23.9. The van der Waals surface area contributed by atoms with E-state index in [1.165, 1.54) is 9.80 Å². The van der Waals surface area contributed by atoms with Crippen molar-refractivity contribution in [2.75, 3.05) is 45.8 Å². The molecule has 0 aliphatic carbocycles. The minimum atomic E-state index is -1.52. The molecule has 21 N–H and O–H groups in total. The van der Waals surface area contributed by atoms with Gasteiger partial charge < -0.3 is 91.8 Å². The maximum atomic E-state index is 14.9. The van der Waals surface area contributed by atoms with Gasteiger partial charge in [0.2, 0.25) is 59.1 Å². The Bertz CT molecular complexity index is 2250. The second-order valence-corrected chi connectivity index (χ2v) is 22.9. The van der Waals surface area contributed by atoms with Crippen LogP contribution >= 0.6 is 0 Å². The zero-order valence-corrected chi connectivity index (χ0v) is 50.5. The Hall–Kier alpha value is -6.72. The largest absolute Gasteiger partial charge is 0.481 e. The first-order chi connectivity index (χ1) is 40.5. The van der Waals surface area contributed by atoms with Crippen molar-refractivity contribution in [2.45, 2.75) is 223 Å². The quantitative estimate of drug-likeness (QED) is 0.0233. The van der Waals surface area contributed by atoms with Gasteiger partial charge in [0.15, 0.2) is 5.96 Å². The summed E-state index contributed by atoms with van der Waals surface area (Å²) in [6.45, 7) is 8.24. The number of fused-ring (bicyclic) bond motifs is 2. The highest BCUT2D eigenvalue weighted by molar-refractivity contribution is 6.00. The van der Waals surface area contributed by atoms with Crippen LogP contribution in [0.5, 0.6) is 0 Å². The molecule has 3 heterocycles. The Labute approximate surface area is 499 Å². The van der Waals surface area contributed by atoms with Crippen LogP contribution < -0.4 is 76.9 Å². The van der Waals surface area contributed by atoms with Crippen molar-refractivity contribution >= 4 is 71.0 Å². The van der Waals surface area contributed by atoms with Crippen LogP contribution in [0.2, 0.25) is 0 Å². The van der Waals surface area contributed by atoms with E-state index in [0.29, 0.717) is 70.6 Å². The van der Waals surface area contributed by atoms with Crippen molar-refractivity contribution in [3.05, 3.63) is 0 Å². The molecule has 0 aromatic carbocycles. The maximum absolute atomic E-state index is 14.9. The molecule has 10 amide bonds. The monoisotopic (exact) mass is 1200 g/mol. The smallest absolute Gasteiger partial charge is 0.303 e. The standard InChI is InChI=1S/C56H101N17O12/c1-5-34(4)45-55(85)73-32-16-23-42(73)54(84)72-31-15-22-41(72)52(82)68-40(24-25-43(74)75)49(79)67-37(19-8-12-28-59)50(80)70-44(33(2)3)53(83)69-39(21-14-30-63-56(61)62)48(78)65-35(17-6-10-26-57)46(76)64-36(18-7-11-27-58)47(77)66-38(51(81)71-45)20-9-13-29-60/h33-42,44-45H,5-32,57-60H2,1-4H3,(H,64,76)(H,65,78)(H,66,77)(H,67,79)(H,68,82)(H,69,83)(H,70,80)(H,71,81)(H,74,75)(H4,61,62,63)/t34-,35-,36-,37-,38-,39-,40-,41-,42+,44-,45-/m0/s1. The van der Waals surface area contributed by atoms with E-state index < -0.39 is 150 Å². The number of carboxylic acids is 1. The predicted molar refractivity (Wildman–Crippen MR) is 318 cm³/mol. The van der Waals surface area contributed by atoms with E-state index in [0.717, 1.165) is 0 Å². The van der Waals surface area contributed by atoms with Crippen molar-refractivity contribution in [2.24, 2.45) is 51.2 Å². The highest BCUT2D eigenvalue weighted by Crippen LogP contribution is 2.27. The number of hydrogen-bond donors (Lipinski definition) is 15. The van der Waals surface area contributed by atoms with Gasteiger partial charge in [0.25, 0.3) is 0 Å². The van der Waals surface area contributed by atoms with E-state index in [9.17, 15) is 57.8 Å². The van der Waals surface area contributed by atoms with Gasteiger partial charge in [-0.15, -0.1) is 0 Å². The molecule has 0 spiro atoms.